The monoisotopic (exact) mass is 483 g/mol. The highest BCUT2D eigenvalue weighted by Crippen LogP contribution is 2.22. The predicted octanol–water partition coefficient (Wildman–Crippen LogP) is 3.19. The number of rotatable bonds is 6. The normalized spacial score (nSPS) is 15.1. The number of carbonyl (C=O) groups excluding carboxylic acids is 1. The van der Waals surface area contributed by atoms with E-state index in [1.807, 2.05) is 19.9 Å². The number of ether oxygens (including phenoxy) is 2. The maximum absolute atomic E-state index is 12.7. The Morgan fingerprint density at radius 1 is 1.06 bits per heavy atom. The van der Waals surface area contributed by atoms with Crippen LogP contribution in [0.1, 0.15) is 22.3 Å². The summed E-state index contributed by atoms with van der Waals surface area (Å²) in [5, 5.41) is 0.719. The zero-order valence-corrected chi connectivity index (χ0v) is 19.8. The van der Waals surface area contributed by atoms with Gasteiger partial charge < -0.3 is 13.9 Å². The number of fused-ring (bicyclic) bond motifs is 1. The summed E-state index contributed by atoms with van der Waals surface area (Å²) in [6.07, 6.45) is 2.80. The van der Waals surface area contributed by atoms with Crippen LogP contribution in [0.4, 0.5) is 0 Å². The number of carbonyl (C=O) groups is 1. The molecule has 0 amide bonds. The highest BCUT2D eigenvalue weighted by molar-refractivity contribution is 7.89. The van der Waals surface area contributed by atoms with Crippen molar-refractivity contribution in [3.05, 3.63) is 81.2 Å². The molecule has 1 aromatic heterocycles. The molecule has 1 fully saturated rings. The van der Waals surface area contributed by atoms with E-state index in [9.17, 15) is 18.0 Å². The van der Waals surface area contributed by atoms with Crippen LogP contribution in [0, 0.1) is 13.8 Å². The van der Waals surface area contributed by atoms with Crippen molar-refractivity contribution in [1.82, 2.24) is 4.31 Å². The third kappa shape index (κ3) is 5.27. The van der Waals surface area contributed by atoms with Crippen LogP contribution in [-0.4, -0.2) is 45.0 Å². The van der Waals surface area contributed by atoms with Gasteiger partial charge in [0, 0.05) is 36.2 Å². The minimum absolute atomic E-state index is 0.0789. The molecule has 8 nitrogen and oxygen atoms in total. The van der Waals surface area contributed by atoms with Crippen molar-refractivity contribution in [2.45, 2.75) is 25.3 Å². The molecule has 0 bridgehead atoms. The first kappa shape index (κ1) is 23.9. The Balaban J connectivity index is 1.42. The standard InChI is InChI=1S/C25H25NO7S/c1-17-13-22-20(15-25(28)33-23(22)14-18(17)2)16-32-24(27)8-5-19-3-6-21(7-4-19)34(29,30)26-9-11-31-12-10-26/h3-8,13-15H,9-12,16H2,1-2H3/b8-5+. The molecule has 0 spiro atoms. The van der Waals surface area contributed by atoms with E-state index in [-0.39, 0.29) is 11.5 Å². The van der Waals surface area contributed by atoms with Gasteiger partial charge in [0.05, 0.1) is 18.1 Å². The maximum atomic E-state index is 12.7. The molecule has 1 aliphatic heterocycles. The Hall–Kier alpha value is -3.27. The SMILES string of the molecule is Cc1cc2oc(=O)cc(COC(=O)/C=C/c3ccc(S(=O)(=O)N4CCOCC4)cc3)c2cc1C. The summed E-state index contributed by atoms with van der Waals surface area (Å²) in [4.78, 5) is 24.3. The molecular formula is C25H25NO7S. The lowest BCUT2D eigenvalue weighted by atomic mass is 10.0. The second-order valence-electron chi connectivity index (χ2n) is 8.05. The Morgan fingerprint density at radius 3 is 2.44 bits per heavy atom. The first-order valence-corrected chi connectivity index (χ1v) is 12.2. The van der Waals surface area contributed by atoms with E-state index in [0.29, 0.717) is 43.0 Å². The molecule has 0 unspecified atom stereocenters. The Labute approximate surface area is 197 Å². The van der Waals surface area contributed by atoms with E-state index in [2.05, 4.69) is 0 Å². The van der Waals surface area contributed by atoms with Crippen molar-refractivity contribution in [3.63, 3.8) is 0 Å². The topological polar surface area (TPSA) is 103 Å². The molecular weight excluding hydrogens is 458 g/mol. The number of sulfonamides is 1. The molecule has 9 heteroatoms. The molecule has 0 saturated carbocycles. The second kappa shape index (κ2) is 9.92. The number of hydrogen-bond acceptors (Lipinski definition) is 7. The van der Waals surface area contributed by atoms with Crippen molar-refractivity contribution in [2.24, 2.45) is 0 Å². The van der Waals surface area contributed by atoms with Crippen molar-refractivity contribution in [2.75, 3.05) is 26.3 Å². The van der Waals surface area contributed by atoms with Gasteiger partial charge in [-0.2, -0.15) is 4.31 Å². The molecule has 3 aromatic rings. The van der Waals surface area contributed by atoms with E-state index in [1.165, 1.54) is 28.6 Å². The summed E-state index contributed by atoms with van der Waals surface area (Å²) in [5.41, 5.74) is 3.18. The van der Waals surface area contributed by atoms with Crippen molar-refractivity contribution in [3.8, 4) is 0 Å². The average Bonchev–Trinajstić information content (AvgIpc) is 2.83. The largest absolute Gasteiger partial charge is 0.458 e. The van der Waals surface area contributed by atoms with Crippen molar-refractivity contribution >= 4 is 33.0 Å². The van der Waals surface area contributed by atoms with Gasteiger partial charge in [-0.25, -0.2) is 18.0 Å². The highest BCUT2D eigenvalue weighted by atomic mass is 32.2. The molecule has 4 rings (SSSR count). The van der Waals surface area contributed by atoms with Crippen LogP contribution < -0.4 is 5.63 Å². The molecule has 178 valence electrons. The third-order valence-electron chi connectivity index (χ3n) is 5.71. The van der Waals surface area contributed by atoms with Gasteiger partial charge in [0.25, 0.3) is 0 Å². The fraction of sp³-hybridized carbons (Fsp3) is 0.280. The minimum atomic E-state index is -3.57. The average molecular weight is 484 g/mol. The van der Waals surface area contributed by atoms with Gasteiger partial charge in [-0.05, 0) is 60.9 Å². The van der Waals surface area contributed by atoms with Crippen molar-refractivity contribution < 1.29 is 27.1 Å². The van der Waals surface area contributed by atoms with E-state index in [4.69, 9.17) is 13.9 Å². The van der Waals surface area contributed by atoms with E-state index in [1.54, 1.807) is 24.3 Å². The van der Waals surface area contributed by atoms with Gasteiger partial charge in [-0.15, -0.1) is 0 Å². The summed E-state index contributed by atoms with van der Waals surface area (Å²) in [6.45, 7) is 5.22. The van der Waals surface area contributed by atoms with Crippen LogP contribution in [0.15, 0.2) is 62.6 Å². The molecule has 34 heavy (non-hydrogen) atoms. The lowest BCUT2D eigenvalue weighted by molar-refractivity contribution is -0.138. The Kier molecular flexibility index (Phi) is 6.97. The summed E-state index contributed by atoms with van der Waals surface area (Å²) >= 11 is 0. The van der Waals surface area contributed by atoms with Crippen LogP contribution in [0.2, 0.25) is 0 Å². The summed E-state index contributed by atoms with van der Waals surface area (Å²) in [5.74, 6) is -0.588. The highest BCUT2D eigenvalue weighted by Gasteiger charge is 2.25. The first-order valence-electron chi connectivity index (χ1n) is 10.8. The number of nitrogens with zero attached hydrogens (tertiary/aromatic N) is 1. The zero-order chi connectivity index (χ0) is 24.3. The number of benzene rings is 2. The fourth-order valence-electron chi connectivity index (χ4n) is 3.65. The molecule has 0 atom stereocenters. The predicted molar refractivity (Wildman–Crippen MR) is 127 cm³/mol. The van der Waals surface area contributed by atoms with Crippen molar-refractivity contribution in [1.29, 1.82) is 0 Å². The van der Waals surface area contributed by atoms with Crippen LogP contribution in [-0.2, 0) is 30.9 Å². The lowest BCUT2D eigenvalue weighted by Crippen LogP contribution is -2.40. The number of morpholine rings is 1. The number of aryl methyl sites for hydroxylation is 2. The van der Waals surface area contributed by atoms with E-state index in [0.717, 1.165) is 16.5 Å². The first-order chi connectivity index (χ1) is 16.2. The molecule has 1 saturated heterocycles. The molecule has 0 N–H and O–H groups in total. The zero-order valence-electron chi connectivity index (χ0n) is 18.9. The maximum Gasteiger partial charge on any atom is 0.336 e. The molecule has 0 aliphatic carbocycles. The van der Waals surface area contributed by atoms with Gasteiger partial charge >= 0.3 is 11.6 Å². The lowest BCUT2D eigenvalue weighted by Gasteiger charge is -2.26. The van der Waals surface area contributed by atoms with E-state index < -0.39 is 21.6 Å². The summed E-state index contributed by atoms with van der Waals surface area (Å²) in [6, 6.07) is 11.3. The number of esters is 1. The fourth-order valence-corrected chi connectivity index (χ4v) is 5.06. The second-order valence-corrected chi connectivity index (χ2v) is 9.99. The molecule has 0 radical (unpaired) electrons. The summed E-state index contributed by atoms with van der Waals surface area (Å²) in [7, 11) is -3.57. The van der Waals surface area contributed by atoms with Crippen LogP contribution in [0.5, 0.6) is 0 Å². The van der Waals surface area contributed by atoms with Crippen LogP contribution in [0.3, 0.4) is 0 Å². The quantitative estimate of drug-likeness (QED) is 0.301. The van der Waals surface area contributed by atoms with Gasteiger partial charge in [0.15, 0.2) is 0 Å². The van der Waals surface area contributed by atoms with Crippen LogP contribution >= 0.6 is 0 Å². The molecule has 2 aromatic carbocycles. The smallest absolute Gasteiger partial charge is 0.336 e. The minimum Gasteiger partial charge on any atom is -0.458 e. The number of hydrogen-bond donors (Lipinski definition) is 0. The Morgan fingerprint density at radius 2 is 1.74 bits per heavy atom. The van der Waals surface area contributed by atoms with Crippen LogP contribution in [0.25, 0.3) is 17.0 Å². The summed E-state index contributed by atoms with van der Waals surface area (Å²) < 4.78 is 42.6. The molecule has 1 aliphatic rings. The third-order valence-corrected chi connectivity index (χ3v) is 7.63. The van der Waals surface area contributed by atoms with Gasteiger partial charge in [-0.1, -0.05) is 12.1 Å². The van der Waals surface area contributed by atoms with Gasteiger partial charge in [-0.3, -0.25) is 0 Å². The van der Waals surface area contributed by atoms with Gasteiger partial charge in [0.1, 0.15) is 12.2 Å². The Bertz CT molecular complexity index is 1400. The molecule has 2 heterocycles. The van der Waals surface area contributed by atoms with Gasteiger partial charge in [0.2, 0.25) is 10.0 Å². The van der Waals surface area contributed by atoms with E-state index >= 15 is 0 Å².